The molecule has 3 aromatic heterocycles. The molecule has 81 heavy (non-hydrogen) atoms. The highest BCUT2D eigenvalue weighted by atomic mass is 32.1. The number of morpholine rings is 1. The molecule has 20 heteroatoms. The van der Waals surface area contributed by atoms with Gasteiger partial charge in [0, 0.05) is 115 Å². The second kappa shape index (κ2) is 24.4. The number of nitrogens with one attached hydrogen (secondary N) is 1. The molecule has 1 saturated carbocycles. The number of aliphatic hydroxyl groups excluding tert-OH is 2. The Morgan fingerprint density at radius 3 is 2.36 bits per heavy atom. The number of rotatable bonds is 17. The van der Waals surface area contributed by atoms with Gasteiger partial charge in [0.25, 0.3) is 0 Å². The molecular formula is C61H84N12O7S. The maximum Gasteiger partial charge on any atom is 0.243 e. The van der Waals surface area contributed by atoms with E-state index in [0.29, 0.717) is 65.7 Å². The molecule has 2 bridgehead atoms. The van der Waals surface area contributed by atoms with Gasteiger partial charge in [0.2, 0.25) is 11.8 Å². The average molecular weight is 1130 g/mol. The van der Waals surface area contributed by atoms with Crippen molar-refractivity contribution in [3.05, 3.63) is 82.5 Å². The lowest BCUT2D eigenvalue weighted by atomic mass is 9.86. The molecule has 2 unspecified atom stereocenters. The largest absolute Gasteiger partial charge is 0.512 e. The molecule has 6 aliphatic heterocycles. The Morgan fingerprint density at radius 1 is 0.877 bits per heavy atom. The number of hydrogen-bond acceptors (Lipinski definition) is 18. The molecule has 4 aromatic rings. The van der Waals surface area contributed by atoms with E-state index in [-0.39, 0.29) is 42.8 Å². The van der Waals surface area contributed by atoms with Gasteiger partial charge < -0.3 is 54.9 Å². The molecule has 5 N–H and O–H groups in total. The van der Waals surface area contributed by atoms with Crippen LogP contribution in [0.2, 0.25) is 0 Å². The number of carbonyl (C=O) groups excluding carboxylic acids is 2. The predicted molar refractivity (Wildman–Crippen MR) is 313 cm³/mol. The number of anilines is 3. The van der Waals surface area contributed by atoms with Crippen LogP contribution in [0.1, 0.15) is 126 Å². The molecule has 19 nitrogen and oxygen atoms in total. The Labute approximate surface area is 480 Å². The number of amides is 2. The Morgan fingerprint density at radius 2 is 1.64 bits per heavy atom. The highest BCUT2D eigenvalue weighted by Gasteiger charge is 2.46. The molecule has 2 aliphatic carbocycles. The molecule has 1 aromatic carbocycles. The smallest absolute Gasteiger partial charge is 0.243 e. The number of allylic oxidation sites excluding steroid dienone is 4. The number of ether oxygens (including phenoxy) is 2. The van der Waals surface area contributed by atoms with E-state index in [0.717, 1.165) is 156 Å². The van der Waals surface area contributed by atoms with Gasteiger partial charge >= 0.3 is 0 Å². The van der Waals surface area contributed by atoms with Crippen molar-refractivity contribution in [2.75, 3.05) is 94.1 Å². The number of piperidine rings is 2. The molecule has 436 valence electrons. The number of piperazine rings is 1. The number of aryl methyl sites for hydroxylation is 1. The Balaban J connectivity index is 0.553. The van der Waals surface area contributed by atoms with Crippen molar-refractivity contribution in [3.8, 4) is 10.4 Å². The van der Waals surface area contributed by atoms with Crippen LogP contribution in [0, 0.1) is 18.8 Å². The minimum absolute atomic E-state index is 0.0916. The van der Waals surface area contributed by atoms with Gasteiger partial charge in [0.15, 0.2) is 17.4 Å². The number of thiazole rings is 1. The van der Waals surface area contributed by atoms with Gasteiger partial charge in [-0.15, -0.1) is 21.5 Å². The van der Waals surface area contributed by atoms with E-state index in [4.69, 9.17) is 19.7 Å². The highest BCUT2D eigenvalue weighted by Crippen LogP contribution is 2.39. The Bertz CT molecular complexity index is 2880. The predicted octanol–water partition coefficient (Wildman–Crippen LogP) is 6.96. The van der Waals surface area contributed by atoms with Gasteiger partial charge in [0.05, 0.1) is 64.5 Å². The van der Waals surface area contributed by atoms with Crippen LogP contribution in [0.5, 0.6) is 0 Å². The van der Waals surface area contributed by atoms with E-state index in [2.05, 4.69) is 56.2 Å². The summed E-state index contributed by atoms with van der Waals surface area (Å²) in [6, 6.07) is 12.4. The molecule has 6 saturated heterocycles. The van der Waals surface area contributed by atoms with Gasteiger partial charge in [-0.1, -0.05) is 55.4 Å². The van der Waals surface area contributed by atoms with Crippen LogP contribution in [0.3, 0.4) is 0 Å². The normalized spacial score (nSPS) is 28.0. The fourth-order valence-corrected chi connectivity index (χ4v) is 15.2. The highest BCUT2D eigenvalue weighted by molar-refractivity contribution is 7.13. The summed E-state index contributed by atoms with van der Waals surface area (Å²) in [6.07, 6.45) is 14.6. The monoisotopic (exact) mass is 1130 g/mol. The molecule has 12 rings (SSSR count). The van der Waals surface area contributed by atoms with Crippen molar-refractivity contribution in [2.45, 2.75) is 159 Å². The fraction of sp³-hybridized carbons (Fsp3) is 0.639. The first-order valence-electron chi connectivity index (χ1n) is 30.3. The summed E-state index contributed by atoms with van der Waals surface area (Å²) < 4.78 is 19.2. The summed E-state index contributed by atoms with van der Waals surface area (Å²) in [5, 5.41) is 37.7. The van der Waals surface area contributed by atoms with Gasteiger partial charge in [-0.25, -0.2) is 4.98 Å². The number of carbonyl (C=O) groups is 2. The van der Waals surface area contributed by atoms with E-state index in [1.165, 1.54) is 12.8 Å². The number of aromatic nitrogens is 4. The fourth-order valence-electron chi connectivity index (χ4n) is 14.4. The van der Waals surface area contributed by atoms with Gasteiger partial charge in [-0.2, -0.15) is 0 Å². The molecule has 0 spiro atoms. The van der Waals surface area contributed by atoms with Crippen LogP contribution in [-0.2, 0) is 19.1 Å². The van der Waals surface area contributed by atoms with Crippen molar-refractivity contribution in [3.63, 3.8) is 0 Å². The number of fused-ring (bicyclic) bond motifs is 2. The quantitative estimate of drug-likeness (QED) is 0.0841. The van der Waals surface area contributed by atoms with Crippen molar-refractivity contribution >= 4 is 46.0 Å². The summed E-state index contributed by atoms with van der Waals surface area (Å²) >= 11 is 1.60. The lowest BCUT2D eigenvalue weighted by Crippen LogP contribution is -2.60. The number of β-amino-alcohol motifs (C(OH)–C–C–N with tert-alkyl or cyclic N) is 1. The van der Waals surface area contributed by atoms with Crippen molar-refractivity contribution in [2.24, 2.45) is 11.8 Å². The van der Waals surface area contributed by atoms with E-state index in [1.54, 1.807) is 16.2 Å². The summed E-state index contributed by atoms with van der Waals surface area (Å²) in [4.78, 5) is 48.0. The van der Waals surface area contributed by atoms with E-state index < -0.39 is 18.1 Å². The van der Waals surface area contributed by atoms with Crippen molar-refractivity contribution in [1.29, 1.82) is 0 Å². The Kier molecular flexibility index (Phi) is 16.9. The van der Waals surface area contributed by atoms with E-state index in [9.17, 15) is 19.8 Å². The molecule has 7 fully saturated rings. The van der Waals surface area contributed by atoms with E-state index in [1.807, 2.05) is 75.7 Å². The van der Waals surface area contributed by atoms with Gasteiger partial charge in [-0.3, -0.25) is 19.4 Å². The van der Waals surface area contributed by atoms with Crippen molar-refractivity contribution < 1.29 is 33.8 Å². The summed E-state index contributed by atoms with van der Waals surface area (Å²) in [7, 11) is 0. The third-order valence-electron chi connectivity index (χ3n) is 19.1. The van der Waals surface area contributed by atoms with Crippen LogP contribution in [0.4, 0.5) is 17.3 Å². The summed E-state index contributed by atoms with van der Waals surface area (Å²) in [5.74, 6) is 1.39. The lowest BCUT2D eigenvalue weighted by Gasteiger charge is -2.48. The number of nitrogen functional groups attached to an aromatic ring is 1. The number of nitrogens with zero attached hydrogens (tertiary/aromatic N) is 10. The Hall–Kier alpha value is -5.48. The maximum atomic E-state index is 14.4. The number of likely N-dealkylation sites (tertiary alicyclic amines) is 2. The number of benzene rings is 1. The third kappa shape index (κ3) is 12.3. The zero-order valence-electron chi connectivity index (χ0n) is 47.8. The lowest BCUT2D eigenvalue weighted by molar-refractivity contribution is -0.141. The van der Waals surface area contributed by atoms with Crippen LogP contribution in [0.15, 0.2) is 64.3 Å². The molecule has 9 heterocycles. The zero-order chi connectivity index (χ0) is 55.9. The van der Waals surface area contributed by atoms with Gasteiger partial charge in [-0.05, 0) is 101 Å². The molecule has 2 amide bonds. The van der Waals surface area contributed by atoms with Gasteiger partial charge in [0.1, 0.15) is 17.7 Å². The zero-order valence-corrected chi connectivity index (χ0v) is 48.6. The second-order valence-corrected chi connectivity index (χ2v) is 25.8. The second-order valence-electron chi connectivity index (χ2n) is 24.9. The first-order valence-corrected chi connectivity index (χ1v) is 31.1. The topological polar surface area (TPSA) is 215 Å². The standard InChI is InChI=1S/C61H84N12O7S/c1-37(2)57(61(77)73-33-46(74)27-53(73)60(76)64-38(3)41-9-11-42(12-10-41)58-39(4)63-36-81-58)55-29-56(67-80-55)69-21-15-40(16-22-69)30-68-19-17-47(18-20-68)79-48-25-45(26-48)70-23-24-78-49(34-70)35-72-43-13-14-44(72)32-71(31-43)52-28-51(65-66-59(52)62)50-7-5-6-8-54(50)75/h5,7,9-12,28-29,36-38,40,43-49,53,57,74-75H,6,8,13-27,30-35H2,1-4H3,(H2,62,66)(H,64,76)/t38-,43?,44?,45-,46+,48-,49-,53-,57+/m0/s1. The van der Waals surface area contributed by atoms with E-state index >= 15 is 0 Å². The molecular weight excluding hydrogens is 1040 g/mol. The third-order valence-corrected chi connectivity index (χ3v) is 20.1. The summed E-state index contributed by atoms with van der Waals surface area (Å²) in [5.41, 5.74) is 13.6. The average Bonchev–Trinajstić information content (AvgIpc) is 4.46. The molecule has 7 atom stereocenters. The summed E-state index contributed by atoms with van der Waals surface area (Å²) in [6.45, 7) is 18.5. The molecule has 8 aliphatic rings. The first kappa shape index (κ1) is 56.0. The van der Waals surface area contributed by atoms with Crippen LogP contribution in [-0.4, -0.2) is 189 Å². The SMILES string of the molecule is Cc1ncsc1-c1ccc([C@H](C)NC(=O)[C@@H]2C[C@@H](O)CN2C(=O)[C@@H](c2cc(N3CCC(CN4CCC(O[C@H]5C[C@H](N6CCO[C@H](CN7C8CCC7CN(c7cc(C9=C(O)CCC=C9)nnc7N)C8)C6)C5)CC4)CC3)no2)C(C)C)cc1. The van der Waals surface area contributed by atoms with Crippen LogP contribution in [0.25, 0.3) is 16.0 Å². The number of aliphatic hydroxyl groups is 2. The number of nitrogens with two attached hydrogens (primary N) is 1. The van der Waals surface area contributed by atoms with Crippen molar-refractivity contribution in [1.82, 2.24) is 45.3 Å². The molecule has 0 radical (unpaired) electrons. The first-order chi connectivity index (χ1) is 39.3. The minimum Gasteiger partial charge on any atom is -0.512 e. The maximum absolute atomic E-state index is 14.4. The van der Waals surface area contributed by atoms with Crippen LogP contribution < -0.4 is 20.9 Å². The number of hydrogen-bond donors (Lipinski definition) is 4. The minimum atomic E-state index is -0.796. The van der Waals surface area contributed by atoms with Crippen LogP contribution >= 0.6 is 11.3 Å².